The first-order valence-electron chi connectivity index (χ1n) is 6.95. The first kappa shape index (κ1) is 12.1. The molecule has 2 rings (SSSR count). The van der Waals surface area contributed by atoms with E-state index in [1.54, 1.807) is 0 Å². The highest BCUT2D eigenvalue weighted by atomic mass is 16.1. The largest absolute Gasteiger partial charge is 0.303 e. The minimum absolute atomic E-state index is 0.310. The summed E-state index contributed by atoms with van der Waals surface area (Å²) in [5, 5.41) is 0. The van der Waals surface area contributed by atoms with Crippen LogP contribution in [0.1, 0.15) is 58.8 Å². The Morgan fingerprint density at radius 3 is 2.06 bits per heavy atom. The van der Waals surface area contributed by atoms with Crippen molar-refractivity contribution in [3.63, 3.8) is 0 Å². The Hall–Kier alpha value is -0.370. The first-order chi connectivity index (χ1) is 7.72. The molecule has 2 atom stereocenters. The van der Waals surface area contributed by atoms with E-state index in [-0.39, 0.29) is 0 Å². The van der Waals surface area contributed by atoms with E-state index in [4.69, 9.17) is 0 Å². The molecule has 1 aliphatic carbocycles. The first-order valence-corrected chi connectivity index (χ1v) is 6.95. The number of carbonyl (C=O) groups is 1. The summed E-state index contributed by atoms with van der Waals surface area (Å²) in [6, 6.07) is 2.00. The van der Waals surface area contributed by atoms with Crippen LogP contribution in [0.2, 0.25) is 0 Å². The third-order valence-corrected chi connectivity index (χ3v) is 4.49. The molecule has 0 aromatic carbocycles. The van der Waals surface area contributed by atoms with Crippen LogP contribution in [0.3, 0.4) is 0 Å². The SMILES string of the molecule is C[C@@H]1CC(C=O)C[C@@H](C)N1C1CCCCC1. The van der Waals surface area contributed by atoms with Gasteiger partial charge in [-0.25, -0.2) is 0 Å². The van der Waals surface area contributed by atoms with Gasteiger partial charge in [-0.1, -0.05) is 19.3 Å². The Kier molecular flexibility index (Phi) is 4.01. The molecular formula is C14H25NO. The van der Waals surface area contributed by atoms with Gasteiger partial charge in [0, 0.05) is 24.0 Å². The van der Waals surface area contributed by atoms with Crippen molar-refractivity contribution in [2.45, 2.75) is 76.9 Å². The molecule has 2 heteroatoms. The van der Waals surface area contributed by atoms with Gasteiger partial charge in [0.25, 0.3) is 0 Å². The average molecular weight is 223 g/mol. The summed E-state index contributed by atoms with van der Waals surface area (Å²) in [6.07, 6.45) is 10.3. The van der Waals surface area contributed by atoms with Crippen LogP contribution in [0.25, 0.3) is 0 Å². The Morgan fingerprint density at radius 1 is 1.00 bits per heavy atom. The van der Waals surface area contributed by atoms with Gasteiger partial charge < -0.3 is 4.79 Å². The molecule has 2 fully saturated rings. The smallest absolute Gasteiger partial charge is 0.123 e. The molecule has 1 aliphatic heterocycles. The molecule has 2 nitrogen and oxygen atoms in total. The van der Waals surface area contributed by atoms with Crippen molar-refractivity contribution >= 4 is 6.29 Å². The summed E-state index contributed by atoms with van der Waals surface area (Å²) in [6.45, 7) is 4.61. The monoisotopic (exact) mass is 223 g/mol. The van der Waals surface area contributed by atoms with Gasteiger partial charge in [-0.05, 0) is 39.5 Å². The van der Waals surface area contributed by atoms with Crippen LogP contribution in [0.4, 0.5) is 0 Å². The standard InChI is InChI=1S/C14H25NO/c1-11-8-13(10-16)9-12(2)15(11)14-6-4-3-5-7-14/h10-14H,3-9H2,1-2H3/t11-,12-/m1/s1. The number of aldehydes is 1. The van der Waals surface area contributed by atoms with E-state index >= 15 is 0 Å². The molecule has 0 unspecified atom stereocenters. The molecule has 0 aromatic heterocycles. The van der Waals surface area contributed by atoms with E-state index < -0.39 is 0 Å². The van der Waals surface area contributed by atoms with E-state index in [1.165, 1.54) is 38.4 Å². The molecule has 0 spiro atoms. The Labute approximate surface area is 99.4 Å². The van der Waals surface area contributed by atoms with Crippen LogP contribution in [-0.4, -0.2) is 29.3 Å². The average Bonchev–Trinajstić information content (AvgIpc) is 2.29. The van der Waals surface area contributed by atoms with Gasteiger partial charge in [0.1, 0.15) is 6.29 Å². The minimum Gasteiger partial charge on any atom is -0.303 e. The van der Waals surface area contributed by atoms with E-state index in [0.29, 0.717) is 18.0 Å². The minimum atomic E-state index is 0.310. The van der Waals surface area contributed by atoms with E-state index in [1.807, 2.05) is 0 Å². The second-order valence-corrected chi connectivity index (χ2v) is 5.80. The Morgan fingerprint density at radius 2 is 1.56 bits per heavy atom. The molecule has 1 saturated carbocycles. The van der Waals surface area contributed by atoms with Crippen molar-refractivity contribution in [1.29, 1.82) is 0 Å². The van der Waals surface area contributed by atoms with Gasteiger partial charge in [0.2, 0.25) is 0 Å². The summed E-state index contributed by atoms with van der Waals surface area (Å²) < 4.78 is 0. The van der Waals surface area contributed by atoms with Crippen LogP contribution in [0.15, 0.2) is 0 Å². The van der Waals surface area contributed by atoms with Gasteiger partial charge in [0.05, 0.1) is 0 Å². The van der Waals surface area contributed by atoms with Crippen LogP contribution >= 0.6 is 0 Å². The molecule has 2 aliphatic rings. The molecule has 0 N–H and O–H groups in total. The number of hydrogen-bond acceptors (Lipinski definition) is 2. The van der Waals surface area contributed by atoms with Gasteiger partial charge in [-0.15, -0.1) is 0 Å². The van der Waals surface area contributed by atoms with Crippen LogP contribution < -0.4 is 0 Å². The topological polar surface area (TPSA) is 20.3 Å². The van der Waals surface area contributed by atoms with Crippen LogP contribution in [-0.2, 0) is 4.79 Å². The molecule has 1 heterocycles. The van der Waals surface area contributed by atoms with Crippen molar-refractivity contribution in [3.05, 3.63) is 0 Å². The summed E-state index contributed by atoms with van der Waals surface area (Å²) >= 11 is 0. The third-order valence-electron chi connectivity index (χ3n) is 4.49. The lowest BCUT2D eigenvalue weighted by Gasteiger charge is -2.47. The Balaban J connectivity index is 1.99. The van der Waals surface area contributed by atoms with E-state index in [2.05, 4.69) is 18.7 Å². The molecule has 92 valence electrons. The predicted octanol–water partition coefficient (Wildman–Crippen LogP) is 3.01. The van der Waals surface area contributed by atoms with Crippen LogP contribution in [0, 0.1) is 5.92 Å². The quantitative estimate of drug-likeness (QED) is 0.671. The number of nitrogens with zero attached hydrogens (tertiary/aromatic N) is 1. The fraction of sp³-hybridized carbons (Fsp3) is 0.929. The molecule has 16 heavy (non-hydrogen) atoms. The van der Waals surface area contributed by atoms with E-state index in [9.17, 15) is 4.79 Å². The number of hydrogen-bond donors (Lipinski definition) is 0. The van der Waals surface area contributed by atoms with Crippen molar-refractivity contribution in [2.75, 3.05) is 0 Å². The number of carbonyl (C=O) groups excluding carboxylic acids is 1. The third kappa shape index (κ3) is 2.48. The fourth-order valence-electron chi connectivity index (χ4n) is 3.86. The van der Waals surface area contributed by atoms with Crippen LogP contribution in [0.5, 0.6) is 0 Å². The molecule has 0 bridgehead atoms. The van der Waals surface area contributed by atoms with Crippen molar-refractivity contribution in [1.82, 2.24) is 4.90 Å². The summed E-state index contributed by atoms with van der Waals surface area (Å²) in [4.78, 5) is 13.6. The lowest BCUT2D eigenvalue weighted by molar-refractivity contribution is -0.114. The highest BCUT2D eigenvalue weighted by molar-refractivity contribution is 5.53. The maximum atomic E-state index is 10.9. The Bertz CT molecular complexity index is 223. The highest BCUT2D eigenvalue weighted by Gasteiger charge is 2.35. The second-order valence-electron chi connectivity index (χ2n) is 5.80. The fourth-order valence-corrected chi connectivity index (χ4v) is 3.86. The van der Waals surface area contributed by atoms with Crippen molar-refractivity contribution in [2.24, 2.45) is 5.92 Å². The summed E-state index contributed by atoms with van der Waals surface area (Å²) in [5.41, 5.74) is 0. The molecule has 1 saturated heterocycles. The lowest BCUT2D eigenvalue weighted by atomic mass is 9.84. The number of likely N-dealkylation sites (tertiary alicyclic amines) is 1. The van der Waals surface area contributed by atoms with Gasteiger partial charge >= 0.3 is 0 Å². The maximum Gasteiger partial charge on any atom is 0.123 e. The molecule has 0 radical (unpaired) electrons. The zero-order chi connectivity index (χ0) is 11.5. The van der Waals surface area contributed by atoms with Gasteiger partial charge in [-0.3, -0.25) is 4.90 Å². The predicted molar refractivity (Wildman–Crippen MR) is 66.4 cm³/mol. The number of rotatable bonds is 2. The van der Waals surface area contributed by atoms with Gasteiger partial charge in [-0.2, -0.15) is 0 Å². The maximum absolute atomic E-state index is 10.9. The molecule has 0 aromatic rings. The normalized spacial score (nSPS) is 38.5. The van der Waals surface area contributed by atoms with Crippen molar-refractivity contribution in [3.8, 4) is 0 Å². The summed E-state index contributed by atoms with van der Waals surface area (Å²) in [5.74, 6) is 0.310. The van der Waals surface area contributed by atoms with E-state index in [0.717, 1.165) is 18.9 Å². The zero-order valence-corrected chi connectivity index (χ0v) is 10.7. The zero-order valence-electron chi connectivity index (χ0n) is 10.7. The summed E-state index contributed by atoms with van der Waals surface area (Å²) in [7, 11) is 0. The second kappa shape index (κ2) is 5.31. The lowest BCUT2D eigenvalue weighted by Crippen LogP contribution is -2.52. The molecular weight excluding hydrogens is 198 g/mol. The molecule has 0 amide bonds. The highest BCUT2D eigenvalue weighted by Crippen LogP contribution is 2.33. The van der Waals surface area contributed by atoms with Crippen molar-refractivity contribution < 1.29 is 4.79 Å². The van der Waals surface area contributed by atoms with Gasteiger partial charge in [0.15, 0.2) is 0 Å². The number of piperidine rings is 1.